The largest absolute Gasteiger partial charge is 0.488 e. The molecule has 160 valence electrons. The summed E-state index contributed by atoms with van der Waals surface area (Å²) < 4.78 is 26.3. The maximum atomic E-state index is 14.1. The van der Waals surface area contributed by atoms with Gasteiger partial charge in [0.1, 0.15) is 18.2 Å². The van der Waals surface area contributed by atoms with Crippen LogP contribution in [0.2, 0.25) is 0 Å². The number of carbonyl (C=O) groups is 1. The number of ether oxygens (including phenoxy) is 2. The van der Waals surface area contributed by atoms with E-state index in [0.29, 0.717) is 22.6 Å². The number of benzene rings is 2. The van der Waals surface area contributed by atoms with Gasteiger partial charge in [-0.25, -0.2) is 14.2 Å². The monoisotopic (exact) mass is 502 g/mol. The molecule has 0 radical (unpaired) electrons. The summed E-state index contributed by atoms with van der Waals surface area (Å²) in [7, 11) is 0. The van der Waals surface area contributed by atoms with Crippen molar-refractivity contribution in [3.8, 4) is 5.75 Å². The highest BCUT2D eigenvalue weighted by molar-refractivity contribution is 9.10. The van der Waals surface area contributed by atoms with Crippen LogP contribution in [0.5, 0.6) is 5.75 Å². The number of halogens is 2. The van der Waals surface area contributed by atoms with Crippen LogP contribution in [0.1, 0.15) is 31.0 Å². The first-order chi connectivity index (χ1) is 15.0. The third kappa shape index (κ3) is 4.41. The number of thioether (sulfide) groups is 1. The second-order valence-electron chi connectivity index (χ2n) is 6.89. The standard InChI is InChI=1S/C23H20BrFN2O3S/c1-3-29-22(28)20-14(2)26-23-27(10-11-31-23)21(20)17-12-16(24)8-9-19(17)30-13-15-6-4-5-7-18(15)25/h4-12,21H,3,13H2,1-2H3/t21-/m0/s1. The van der Waals surface area contributed by atoms with Crippen molar-refractivity contribution in [3.05, 3.63) is 86.8 Å². The van der Waals surface area contributed by atoms with Crippen LogP contribution in [-0.2, 0) is 16.1 Å². The zero-order chi connectivity index (χ0) is 22.0. The van der Waals surface area contributed by atoms with Gasteiger partial charge in [0, 0.05) is 21.8 Å². The second kappa shape index (κ2) is 9.28. The minimum Gasteiger partial charge on any atom is -0.488 e. The third-order valence-corrected chi connectivity index (χ3v) is 6.19. The van der Waals surface area contributed by atoms with Crippen LogP contribution in [-0.4, -0.2) is 22.6 Å². The lowest BCUT2D eigenvalue weighted by Crippen LogP contribution is -2.34. The molecule has 0 N–H and O–H groups in total. The number of rotatable bonds is 6. The molecule has 0 saturated heterocycles. The number of aliphatic imine (C=N–C) groups is 1. The van der Waals surface area contributed by atoms with Gasteiger partial charge in [-0.3, -0.25) is 0 Å². The van der Waals surface area contributed by atoms with E-state index in [1.54, 1.807) is 32.0 Å². The molecule has 0 bridgehead atoms. The SMILES string of the molecule is CCOC(=O)C1=C(C)N=C2SC=CN2[C@H]1c1cc(Br)ccc1OCc1ccccc1F. The molecule has 2 aromatic carbocycles. The molecule has 0 unspecified atom stereocenters. The zero-order valence-electron chi connectivity index (χ0n) is 17.0. The summed E-state index contributed by atoms with van der Waals surface area (Å²) in [5.74, 6) is -0.189. The Kier molecular flexibility index (Phi) is 6.48. The number of allylic oxidation sites excluding steroid dienone is 1. The highest BCUT2D eigenvalue weighted by atomic mass is 79.9. The van der Waals surface area contributed by atoms with Crippen LogP contribution in [0, 0.1) is 5.82 Å². The van der Waals surface area contributed by atoms with Crippen molar-refractivity contribution in [2.75, 3.05) is 6.61 Å². The minimum atomic E-state index is -0.481. The lowest BCUT2D eigenvalue weighted by Gasteiger charge is -2.34. The van der Waals surface area contributed by atoms with Crippen LogP contribution in [0.3, 0.4) is 0 Å². The molecular formula is C23H20BrFN2O3S. The summed E-state index contributed by atoms with van der Waals surface area (Å²) in [5, 5.41) is 2.70. The van der Waals surface area contributed by atoms with Crippen LogP contribution in [0.4, 0.5) is 4.39 Å². The van der Waals surface area contributed by atoms with Crippen LogP contribution < -0.4 is 4.74 Å². The summed E-state index contributed by atoms with van der Waals surface area (Å²) in [6, 6.07) is 11.6. The van der Waals surface area contributed by atoms with Crippen molar-refractivity contribution in [1.29, 1.82) is 0 Å². The molecule has 0 spiro atoms. The van der Waals surface area contributed by atoms with Crippen molar-refractivity contribution < 1.29 is 18.7 Å². The quantitative estimate of drug-likeness (QED) is 0.457. The van der Waals surface area contributed by atoms with E-state index in [4.69, 9.17) is 9.47 Å². The number of hydrogen-bond donors (Lipinski definition) is 0. The normalized spacial score (nSPS) is 17.5. The van der Waals surface area contributed by atoms with Gasteiger partial charge in [0.25, 0.3) is 0 Å². The number of amidine groups is 1. The number of carbonyl (C=O) groups excluding carboxylic acids is 1. The van der Waals surface area contributed by atoms with E-state index in [0.717, 1.165) is 15.2 Å². The molecule has 8 heteroatoms. The van der Waals surface area contributed by atoms with Crippen LogP contribution in [0.25, 0.3) is 0 Å². The smallest absolute Gasteiger partial charge is 0.338 e. The lowest BCUT2D eigenvalue weighted by molar-refractivity contribution is -0.139. The molecule has 0 saturated carbocycles. The number of hydrogen-bond acceptors (Lipinski definition) is 6. The Morgan fingerprint density at radius 3 is 2.87 bits per heavy atom. The highest BCUT2D eigenvalue weighted by Crippen LogP contribution is 2.44. The maximum Gasteiger partial charge on any atom is 0.338 e. The molecule has 2 aromatic rings. The van der Waals surface area contributed by atoms with Gasteiger partial charge in [-0.05, 0) is 43.5 Å². The molecule has 2 aliphatic heterocycles. The van der Waals surface area contributed by atoms with E-state index in [2.05, 4.69) is 20.9 Å². The Morgan fingerprint density at radius 2 is 2.10 bits per heavy atom. The van der Waals surface area contributed by atoms with Crippen LogP contribution in [0.15, 0.2) is 74.8 Å². The van der Waals surface area contributed by atoms with Gasteiger partial charge in [-0.1, -0.05) is 45.9 Å². The highest BCUT2D eigenvalue weighted by Gasteiger charge is 2.39. The van der Waals surface area contributed by atoms with Gasteiger partial charge < -0.3 is 14.4 Å². The summed E-state index contributed by atoms with van der Waals surface area (Å²) >= 11 is 5.01. The molecule has 5 nitrogen and oxygen atoms in total. The van der Waals surface area contributed by atoms with Gasteiger partial charge in [-0.15, -0.1) is 0 Å². The van der Waals surface area contributed by atoms with Crippen molar-refractivity contribution in [1.82, 2.24) is 4.90 Å². The van der Waals surface area contributed by atoms with E-state index in [1.165, 1.54) is 17.8 Å². The summed E-state index contributed by atoms with van der Waals surface area (Å²) in [5.41, 5.74) is 2.27. The van der Waals surface area contributed by atoms with E-state index >= 15 is 0 Å². The molecule has 1 atom stereocenters. The molecule has 0 amide bonds. The minimum absolute atomic E-state index is 0.0665. The Labute approximate surface area is 192 Å². The number of fused-ring (bicyclic) bond motifs is 1. The van der Waals surface area contributed by atoms with Crippen molar-refractivity contribution in [2.45, 2.75) is 26.5 Å². The molecule has 2 heterocycles. The first kappa shape index (κ1) is 21.6. The van der Waals surface area contributed by atoms with Gasteiger partial charge in [0.2, 0.25) is 0 Å². The molecule has 0 aliphatic carbocycles. The van der Waals surface area contributed by atoms with Crippen molar-refractivity contribution >= 4 is 38.8 Å². The predicted molar refractivity (Wildman–Crippen MR) is 123 cm³/mol. The molecular weight excluding hydrogens is 483 g/mol. The second-order valence-corrected chi connectivity index (χ2v) is 8.68. The summed E-state index contributed by atoms with van der Waals surface area (Å²) in [6.07, 6.45) is 1.89. The average molecular weight is 503 g/mol. The van der Waals surface area contributed by atoms with Gasteiger partial charge in [0.15, 0.2) is 5.17 Å². The van der Waals surface area contributed by atoms with Gasteiger partial charge in [-0.2, -0.15) is 0 Å². The summed E-state index contributed by atoms with van der Waals surface area (Å²) in [6.45, 7) is 3.91. The lowest BCUT2D eigenvalue weighted by atomic mass is 9.94. The van der Waals surface area contributed by atoms with Crippen molar-refractivity contribution in [3.63, 3.8) is 0 Å². The van der Waals surface area contributed by atoms with E-state index < -0.39 is 12.0 Å². The molecule has 0 aromatic heterocycles. The molecule has 31 heavy (non-hydrogen) atoms. The first-order valence-corrected chi connectivity index (χ1v) is 11.4. The van der Waals surface area contributed by atoms with E-state index in [9.17, 15) is 9.18 Å². The van der Waals surface area contributed by atoms with E-state index in [1.807, 2.05) is 34.7 Å². The van der Waals surface area contributed by atoms with Gasteiger partial charge in [0.05, 0.1) is 23.9 Å². The van der Waals surface area contributed by atoms with Crippen LogP contribution >= 0.6 is 27.7 Å². The van der Waals surface area contributed by atoms with Gasteiger partial charge >= 0.3 is 5.97 Å². The Hall–Kier alpha value is -2.58. The Morgan fingerprint density at radius 1 is 1.29 bits per heavy atom. The molecule has 2 aliphatic rings. The fourth-order valence-corrected chi connectivity index (χ4v) is 4.68. The van der Waals surface area contributed by atoms with Crippen molar-refractivity contribution in [2.24, 2.45) is 4.99 Å². The predicted octanol–water partition coefficient (Wildman–Crippen LogP) is 5.94. The maximum absolute atomic E-state index is 14.1. The number of esters is 1. The average Bonchev–Trinajstić information content (AvgIpc) is 3.21. The number of nitrogens with zero attached hydrogens (tertiary/aromatic N) is 2. The fourth-order valence-electron chi connectivity index (χ4n) is 3.51. The first-order valence-electron chi connectivity index (χ1n) is 9.73. The van der Waals surface area contributed by atoms with E-state index in [-0.39, 0.29) is 19.0 Å². The Balaban J connectivity index is 1.76. The molecule has 4 rings (SSSR count). The summed E-state index contributed by atoms with van der Waals surface area (Å²) in [4.78, 5) is 19.4. The third-order valence-electron chi connectivity index (χ3n) is 4.92. The topological polar surface area (TPSA) is 51.1 Å². The molecule has 0 fully saturated rings. The Bertz CT molecular complexity index is 1120. The zero-order valence-corrected chi connectivity index (χ0v) is 19.4. The fraction of sp³-hybridized carbons (Fsp3) is 0.217.